The molecule has 0 atom stereocenters. The van der Waals surface area contributed by atoms with Crippen LogP contribution >= 0.6 is 0 Å². The fraction of sp³-hybridized carbons (Fsp3) is 0.294. The summed E-state index contributed by atoms with van der Waals surface area (Å²) < 4.78 is 43.1. The number of rotatable bonds is 6. The summed E-state index contributed by atoms with van der Waals surface area (Å²) >= 11 is 0. The summed E-state index contributed by atoms with van der Waals surface area (Å²) in [4.78, 5) is 0. The van der Waals surface area contributed by atoms with Gasteiger partial charge in [-0.25, -0.2) is 0 Å². The number of nitrogens with two attached hydrogens (primary N) is 1. The number of halogens is 3. The summed E-state index contributed by atoms with van der Waals surface area (Å²) in [6.45, 7) is 5.16. The third-order valence-corrected chi connectivity index (χ3v) is 3.18. The van der Waals surface area contributed by atoms with Crippen molar-refractivity contribution in [3.63, 3.8) is 0 Å². The van der Waals surface area contributed by atoms with Crippen molar-refractivity contribution in [2.24, 2.45) is 5.73 Å². The second-order valence-corrected chi connectivity index (χ2v) is 4.71. The van der Waals surface area contributed by atoms with E-state index >= 15 is 0 Å². The Morgan fingerprint density at radius 2 is 1.91 bits per heavy atom. The van der Waals surface area contributed by atoms with Crippen molar-refractivity contribution in [3.05, 3.63) is 65.4 Å². The molecule has 0 saturated carbocycles. The average Bonchev–Trinajstić information content (AvgIpc) is 2.46. The molecule has 1 aromatic rings. The van der Waals surface area contributed by atoms with Gasteiger partial charge in [0.25, 0.3) is 0 Å². The van der Waals surface area contributed by atoms with Crippen LogP contribution in [0, 0.1) is 0 Å². The number of alkyl halides is 3. The number of aryl methyl sites for hydroxylation is 1. The maximum absolute atomic E-state index is 12.6. The molecule has 2 N–H and O–H groups in total. The number of ether oxygens (including phenoxy) is 1. The van der Waals surface area contributed by atoms with E-state index in [1.165, 1.54) is 6.08 Å². The first-order valence-corrected chi connectivity index (χ1v) is 6.84. The van der Waals surface area contributed by atoms with Gasteiger partial charge in [-0.15, -0.1) is 0 Å². The molecule has 0 bridgehead atoms. The van der Waals surface area contributed by atoms with Crippen molar-refractivity contribution in [1.82, 2.24) is 0 Å². The number of hydrogen-bond acceptors (Lipinski definition) is 2. The largest absolute Gasteiger partial charge is 0.496 e. The summed E-state index contributed by atoms with van der Waals surface area (Å²) in [5, 5.41) is 0. The van der Waals surface area contributed by atoms with Crippen LogP contribution in [0.15, 0.2) is 54.3 Å². The van der Waals surface area contributed by atoms with E-state index < -0.39 is 11.7 Å². The molecule has 0 fully saturated rings. The zero-order chi connectivity index (χ0) is 16.8. The van der Waals surface area contributed by atoms with Crippen LogP contribution in [0.4, 0.5) is 13.2 Å². The molecule has 1 rings (SSSR count). The van der Waals surface area contributed by atoms with Gasteiger partial charge in [0.1, 0.15) is 5.75 Å². The normalized spacial score (nSPS) is 13.1. The Hall–Kier alpha value is -2.17. The number of benzene rings is 1. The Morgan fingerprint density at radius 1 is 1.27 bits per heavy atom. The molecule has 5 heteroatoms. The van der Waals surface area contributed by atoms with E-state index in [-0.39, 0.29) is 0 Å². The SMILES string of the molecule is C=C/C(=C\C=C(\N)Cc1cccc(CC)c1OC)C(F)(F)F. The zero-order valence-corrected chi connectivity index (χ0v) is 12.7. The number of methoxy groups -OCH3 is 1. The molecule has 0 unspecified atom stereocenters. The predicted molar refractivity (Wildman–Crippen MR) is 82.7 cm³/mol. The van der Waals surface area contributed by atoms with Gasteiger partial charge < -0.3 is 10.5 Å². The first-order valence-electron chi connectivity index (χ1n) is 6.84. The van der Waals surface area contributed by atoms with Crippen LogP contribution in [0.2, 0.25) is 0 Å². The summed E-state index contributed by atoms with van der Waals surface area (Å²) in [5.74, 6) is 0.727. The monoisotopic (exact) mass is 311 g/mol. The van der Waals surface area contributed by atoms with Crippen LogP contribution in [0.5, 0.6) is 5.75 Å². The van der Waals surface area contributed by atoms with E-state index in [4.69, 9.17) is 10.5 Å². The zero-order valence-electron chi connectivity index (χ0n) is 12.7. The molecule has 0 heterocycles. The van der Waals surface area contributed by atoms with Gasteiger partial charge in [0.2, 0.25) is 0 Å². The van der Waals surface area contributed by atoms with Crippen molar-refractivity contribution in [2.75, 3.05) is 7.11 Å². The summed E-state index contributed by atoms with van der Waals surface area (Å²) in [6.07, 6.45) is -0.369. The van der Waals surface area contributed by atoms with Gasteiger partial charge in [0.05, 0.1) is 12.7 Å². The van der Waals surface area contributed by atoms with Crippen molar-refractivity contribution in [1.29, 1.82) is 0 Å². The van der Waals surface area contributed by atoms with E-state index in [1.807, 2.05) is 25.1 Å². The fourth-order valence-corrected chi connectivity index (χ4v) is 2.07. The first kappa shape index (κ1) is 17.9. The highest BCUT2D eigenvalue weighted by Gasteiger charge is 2.30. The van der Waals surface area contributed by atoms with E-state index in [0.717, 1.165) is 35.4 Å². The van der Waals surface area contributed by atoms with Crippen LogP contribution in [0.1, 0.15) is 18.1 Å². The lowest BCUT2D eigenvalue weighted by Crippen LogP contribution is -2.10. The fourth-order valence-electron chi connectivity index (χ4n) is 2.07. The molecule has 2 nitrogen and oxygen atoms in total. The van der Waals surface area contributed by atoms with Crippen molar-refractivity contribution in [3.8, 4) is 5.75 Å². The standard InChI is InChI=1S/C17H20F3NO/c1-4-12-7-6-8-13(16(12)22-3)11-15(21)10-9-14(5-2)17(18,19)20/h5-10H,2,4,11,21H2,1,3H3/b14-9+,15-10+. The molecule has 0 spiro atoms. The van der Waals surface area contributed by atoms with Crippen molar-refractivity contribution < 1.29 is 17.9 Å². The van der Waals surface area contributed by atoms with Gasteiger partial charge in [-0.2, -0.15) is 13.2 Å². The van der Waals surface area contributed by atoms with Crippen LogP contribution < -0.4 is 10.5 Å². The minimum atomic E-state index is -4.43. The lowest BCUT2D eigenvalue weighted by Gasteiger charge is -2.12. The second kappa shape index (κ2) is 7.73. The molecule has 0 amide bonds. The molecule has 0 aromatic heterocycles. The lowest BCUT2D eigenvalue weighted by atomic mass is 10.0. The van der Waals surface area contributed by atoms with Crippen LogP contribution in [-0.4, -0.2) is 13.3 Å². The van der Waals surface area contributed by atoms with E-state index in [0.29, 0.717) is 12.1 Å². The first-order chi connectivity index (χ1) is 10.3. The topological polar surface area (TPSA) is 35.2 Å². The second-order valence-electron chi connectivity index (χ2n) is 4.71. The molecule has 0 aliphatic rings. The molecule has 22 heavy (non-hydrogen) atoms. The quantitative estimate of drug-likeness (QED) is 0.794. The molecule has 120 valence electrons. The summed E-state index contributed by atoms with van der Waals surface area (Å²) in [5.41, 5.74) is 7.19. The molecule has 1 aromatic carbocycles. The highest BCUT2D eigenvalue weighted by Crippen LogP contribution is 2.27. The van der Waals surface area contributed by atoms with Crippen LogP contribution in [0.25, 0.3) is 0 Å². The summed E-state index contributed by atoms with van der Waals surface area (Å²) in [7, 11) is 1.57. The van der Waals surface area contributed by atoms with E-state index in [2.05, 4.69) is 6.58 Å². The Kier molecular flexibility index (Phi) is 6.28. The molecule has 0 radical (unpaired) electrons. The van der Waals surface area contributed by atoms with Gasteiger partial charge in [-0.1, -0.05) is 37.8 Å². The highest BCUT2D eigenvalue weighted by molar-refractivity contribution is 5.43. The van der Waals surface area contributed by atoms with Gasteiger partial charge in [-0.05, 0) is 24.1 Å². The number of hydrogen-bond donors (Lipinski definition) is 1. The van der Waals surface area contributed by atoms with Gasteiger partial charge >= 0.3 is 6.18 Å². The minimum Gasteiger partial charge on any atom is -0.496 e. The number of allylic oxidation sites excluding steroid dienone is 5. The number of para-hydroxylation sites is 1. The predicted octanol–water partition coefficient (Wildman–Crippen LogP) is 4.32. The lowest BCUT2D eigenvalue weighted by molar-refractivity contribution is -0.0881. The third-order valence-electron chi connectivity index (χ3n) is 3.18. The van der Waals surface area contributed by atoms with Crippen LogP contribution in [-0.2, 0) is 12.8 Å². The van der Waals surface area contributed by atoms with Gasteiger partial charge in [-0.3, -0.25) is 0 Å². The Bertz CT molecular complexity index is 586. The average molecular weight is 311 g/mol. The Balaban J connectivity index is 3.03. The van der Waals surface area contributed by atoms with Gasteiger partial charge in [0, 0.05) is 17.7 Å². The maximum atomic E-state index is 12.6. The minimum absolute atomic E-state index is 0.315. The molecular weight excluding hydrogens is 291 g/mol. The van der Waals surface area contributed by atoms with Crippen molar-refractivity contribution in [2.45, 2.75) is 25.9 Å². The molecule has 0 saturated heterocycles. The molecule has 0 aliphatic carbocycles. The smallest absolute Gasteiger partial charge is 0.416 e. The van der Waals surface area contributed by atoms with Crippen LogP contribution in [0.3, 0.4) is 0 Å². The summed E-state index contributed by atoms with van der Waals surface area (Å²) in [6, 6.07) is 5.67. The molecule has 0 aliphatic heterocycles. The highest BCUT2D eigenvalue weighted by atomic mass is 19.4. The third kappa shape index (κ3) is 4.69. The Labute approximate surface area is 128 Å². The van der Waals surface area contributed by atoms with Crippen molar-refractivity contribution >= 4 is 0 Å². The van der Waals surface area contributed by atoms with Gasteiger partial charge in [0.15, 0.2) is 0 Å². The van der Waals surface area contributed by atoms with E-state index in [9.17, 15) is 13.2 Å². The molecular formula is C17H20F3NO. The Morgan fingerprint density at radius 3 is 2.41 bits per heavy atom. The van der Waals surface area contributed by atoms with E-state index in [1.54, 1.807) is 7.11 Å². The maximum Gasteiger partial charge on any atom is 0.416 e.